The molecule has 2 rings (SSSR count). The topological polar surface area (TPSA) is 62.2 Å². The number of thiazole rings is 1. The highest BCUT2D eigenvalue weighted by atomic mass is 32.1. The summed E-state index contributed by atoms with van der Waals surface area (Å²) in [4.78, 5) is 15.1. The molecule has 0 amide bonds. The summed E-state index contributed by atoms with van der Waals surface area (Å²) >= 11 is 1.38. The minimum absolute atomic E-state index is 0.608. The van der Waals surface area contributed by atoms with Gasteiger partial charge in [0.25, 0.3) is 0 Å². The van der Waals surface area contributed by atoms with Crippen LogP contribution in [-0.4, -0.2) is 16.1 Å². The van der Waals surface area contributed by atoms with E-state index in [-0.39, 0.29) is 0 Å². The third kappa shape index (κ3) is 2.38. The van der Waals surface area contributed by atoms with Crippen LogP contribution in [0.2, 0.25) is 0 Å². The highest BCUT2D eigenvalue weighted by Crippen LogP contribution is 2.21. The third-order valence-corrected chi connectivity index (χ3v) is 2.78. The molecule has 4 nitrogen and oxygen atoms in total. The van der Waals surface area contributed by atoms with Gasteiger partial charge in [-0.3, -0.25) is 0 Å². The average molecular weight is 234 g/mol. The van der Waals surface area contributed by atoms with Crippen molar-refractivity contribution in [1.82, 2.24) is 4.98 Å². The Balaban J connectivity index is 2.22. The molecule has 1 aromatic heterocycles. The molecule has 0 bridgehead atoms. The minimum Gasteiger partial charge on any atom is -0.479 e. The van der Waals surface area contributed by atoms with Crippen LogP contribution in [0, 0.1) is 0 Å². The highest BCUT2D eigenvalue weighted by Gasteiger charge is 2.19. The Morgan fingerprint density at radius 2 is 2.12 bits per heavy atom. The molecule has 0 saturated carbocycles. The van der Waals surface area contributed by atoms with Crippen LogP contribution in [0.25, 0.3) is 0 Å². The van der Waals surface area contributed by atoms with Crippen molar-refractivity contribution >= 4 is 22.4 Å². The van der Waals surface area contributed by atoms with Crippen LogP contribution in [0.5, 0.6) is 0 Å². The average Bonchev–Trinajstić information content (AvgIpc) is 2.79. The number of benzene rings is 1. The van der Waals surface area contributed by atoms with Crippen molar-refractivity contribution in [2.75, 3.05) is 5.32 Å². The van der Waals surface area contributed by atoms with Gasteiger partial charge < -0.3 is 10.4 Å². The summed E-state index contributed by atoms with van der Waals surface area (Å²) in [5, 5.41) is 14.4. The van der Waals surface area contributed by atoms with E-state index < -0.39 is 12.0 Å². The quantitative estimate of drug-likeness (QED) is 0.852. The predicted molar refractivity (Wildman–Crippen MR) is 62.6 cm³/mol. The van der Waals surface area contributed by atoms with Gasteiger partial charge in [0.15, 0.2) is 11.2 Å². The van der Waals surface area contributed by atoms with E-state index in [1.165, 1.54) is 11.3 Å². The summed E-state index contributed by atoms with van der Waals surface area (Å²) in [5.41, 5.74) is 0.713. The minimum atomic E-state index is -0.915. The zero-order valence-electron chi connectivity index (χ0n) is 8.33. The van der Waals surface area contributed by atoms with E-state index in [2.05, 4.69) is 10.3 Å². The maximum atomic E-state index is 11.1. The number of nitrogens with zero attached hydrogens (tertiary/aromatic N) is 1. The first kappa shape index (κ1) is 10.6. The Hall–Kier alpha value is -1.88. The lowest BCUT2D eigenvalue weighted by Gasteiger charge is -2.13. The van der Waals surface area contributed by atoms with Gasteiger partial charge in [-0.25, -0.2) is 9.78 Å². The second-order valence-corrected chi connectivity index (χ2v) is 4.06. The Morgan fingerprint density at radius 1 is 1.38 bits per heavy atom. The molecule has 16 heavy (non-hydrogen) atoms. The third-order valence-electron chi connectivity index (χ3n) is 2.08. The van der Waals surface area contributed by atoms with Gasteiger partial charge in [-0.1, -0.05) is 30.3 Å². The van der Waals surface area contributed by atoms with Gasteiger partial charge in [-0.15, -0.1) is 11.3 Å². The van der Waals surface area contributed by atoms with Crippen LogP contribution in [0.4, 0.5) is 5.13 Å². The Labute approximate surface area is 96.6 Å². The summed E-state index contributed by atoms with van der Waals surface area (Å²) in [7, 11) is 0. The number of aromatic nitrogens is 1. The number of nitrogens with one attached hydrogen (secondary N) is 1. The van der Waals surface area contributed by atoms with Gasteiger partial charge in [0.2, 0.25) is 0 Å². The number of anilines is 1. The fourth-order valence-corrected chi connectivity index (χ4v) is 1.91. The van der Waals surface area contributed by atoms with Crippen molar-refractivity contribution in [3.05, 3.63) is 47.5 Å². The van der Waals surface area contributed by atoms with Crippen LogP contribution in [0.15, 0.2) is 41.9 Å². The van der Waals surface area contributed by atoms with Gasteiger partial charge in [-0.05, 0) is 5.56 Å². The molecule has 82 valence electrons. The second kappa shape index (κ2) is 4.76. The zero-order chi connectivity index (χ0) is 11.4. The van der Waals surface area contributed by atoms with Crippen LogP contribution < -0.4 is 5.32 Å². The van der Waals surface area contributed by atoms with E-state index in [9.17, 15) is 4.79 Å². The van der Waals surface area contributed by atoms with Crippen LogP contribution in [0.3, 0.4) is 0 Å². The van der Waals surface area contributed by atoms with Crippen molar-refractivity contribution in [3.8, 4) is 0 Å². The molecule has 2 N–H and O–H groups in total. The number of carboxylic acid groups (broad SMARTS) is 1. The zero-order valence-corrected chi connectivity index (χ0v) is 9.15. The largest absolute Gasteiger partial charge is 0.479 e. The molecule has 5 heteroatoms. The SMILES string of the molecule is O=C(O)C(Nc1nccs1)c1ccccc1. The van der Waals surface area contributed by atoms with Crippen LogP contribution in [0.1, 0.15) is 11.6 Å². The lowest BCUT2D eigenvalue weighted by molar-refractivity contribution is -0.138. The Bertz CT molecular complexity index is 456. The normalized spacial score (nSPS) is 12.0. The monoisotopic (exact) mass is 234 g/mol. The highest BCUT2D eigenvalue weighted by molar-refractivity contribution is 7.13. The fraction of sp³-hybridized carbons (Fsp3) is 0.0909. The summed E-state index contributed by atoms with van der Waals surface area (Å²) in [6.07, 6.45) is 1.64. The van der Waals surface area contributed by atoms with Gasteiger partial charge >= 0.3 is 5.97 Å². The maximum Gasteiger partial charge on any atom is 0.330 e. The summed E-state index contributed by atoms with van der Waals surface area (Å²) < 4.78 is 0. The smallest absolute Gasteiger partial charge is 0.330 e. The van der Waals surface area contributed by atoms with Gasteiger partial charge in [0.05, 0.1) is 0 Å². The molecule has 2 aromatic rings. The Kier molecular flexibility index (Phi) is 3.16. The number of carbonyl (C=O) groups is 1. The molecule has 1 atom stereocenters. The molecular weight excluding hydrogens is 224 g/mol. The maximum absolute atomic E-state index is 11.1. The summed E-state index contributed by atoms with van der Waals surface area (Å²) in [6, 6.07) is 8.28. The first-order chi connectivity index (χ1) is 7.77. The predicted octanol–water partition coefficient (Wildman–Crippen LogP) is 2.38. The molecule has 0 radical (unpaired) electrons. The first-order valence-electron chi connectivity index (χ1n) is 4.71. The van der Waals surface area contributed by atoms with Gasteiger partial charge in [0, 0.05) is 11.6 Å². The van der Waals surface area contributed by atoms with Crippen LogP contribution >= 0.6 is 11.3 Å². The number of hydrogen-bond donors (Lipinski definition) is 2. The molecule has 0 saturated heterocycles. The number of hydrogen-bond acceptors (Lipinski definition) is 4. The first-order valence-corrected chi connectivity index (χ1v) is 5.59. The lowest BCUT2D eigenvalue weighted by Crippen LogP contribution is -2.20. The van der Waals surface area contributed by atoms with Gasteiger partial charge in [-0.2, -0.15) is 0 Å². The second-order valence-electron chi connectivity index (χ2n) is 3.16. The molecule has 0 aliphatic carbocycles. The number of aliphatic carboxylic acids is 1. The molecule has 1 heterocycles. The summed E-state index contributed by atoms with van der Waals surface area (Å²) in [5.74, 6) is -0.915. The van der Waals surface area contributed by atoms with Crippen molar-refractivity contribution in [3.63, 3.8) is 0 Å². The molecule has 0 aliphatic rings. The lowest BCUT2D eigenvalue weighted by atomic mass is 10.1. The molecule has 0 fully saturated rings. The van der Waals surface area contributed by atoms with Crippen LogP contribution in [-0.2, 0) is 4.79 Å². The standard InChI is InChI=1S/C11H10N2O2S/c14-10(15)9(8-4-2-1-3-5-8)13-11-12-6-7-16-11/h1-7,9H,(H,12,13)(H,14,15). The van der Waals surface area contributed by atoms with E-state index in [0.717, 1.165) is 0 Å². The van der Waals surface area contributed by atoms with E-state index in [0.29, 0.717) is 10.7 Å². The molecule has 1 aromatic carbocycles. The van der Waals surface area contributed by atoms with Gasteiger partial charge in [0.1, 0.15) is 0 Å². The molecule has 0 spiro atoms. The number of rotatable bonds is 4. The van der Waals surface area contributed by atoms with E-state index in [1.54, 1.807) is 23.7 Å². The van der Waals surface area contributed by atoms with E-state index in [4.69, 9.17) is 5.11 Å². The Morgan fingerprint density at radius 3 is 2.69 bits per heavy atom. The van der Waals surface area contributed by atoms with Crippen molar-refractivity contribution in [2.45, 2.75) is 6.04 Å². The van der Waals surface area contributed by atoms with Crippen molar-refractivity contribution in [1.29, 1.82) is 0 Å². The van der Waals surface area contributed by atoms with Crippen molar-refractivity contribution in [2.24, 2.45) is 0 Å². The molecule has 0 aliphatic heterocycles. The van der Waals surface area contributed by atoms with E-state index in [1.807, 2.05) is 18.2 Å². The molecular formula is C11H10N2O2S. The van der Waals surface area contributed by atoms with E-state index >= 15 is 0 Å². The summed E-state index contributed by atoms with van der Waals surface area (Å²) in [6.45, 7) is 0. The fourth-order valence-electron chi connectivity index (χ4n) is 1.35. The number of carboxylic acids is 1. The van der Waals surface area contributed by atoms with Crippen molar-refractivity contribution < 1.29 is 9.90 Å². The molecule has 1 unspecified atom stereocenters.